The molecule has 1 heterocycles. The standard InChI is InChI=1S/C13H17N3/c1-10-4-3-5-11(8-10)13-15-9-12(6-7-14)16(13)2/h3-5,8-9H,6-7,14H2,1-2H3. The Balaban J connectivity index is 2.41. The molecule has 0 saturated carbocycles. The van der Waals surface area contributed by atoms with Crippen LogP contribution >= 0.6 is 0 Å². The van der Waals surface area contributed by atoms with E-state index in [1.807, 2.05) is 13.2 Å². The molecule has 0 fully saturated rings. The van der Waals surface area contributed by atoms with Gasteiger partial charge in [0.1, 0.15) is 5.82 Å². The number of benzene rings is 1. The van der Waals surface area contributed by atoms with Crippen LogP contribution in [0.2, 0.25) is 0 Å². The first-order valence-corrected chi connectivity index (χ1v) is 5.50. The lowest BCUT2D eigenvalue weighted by molar-refractivity contribution is 0.811. The second kappa shape index (κ2) is 4.49. The maximum absolute atomic E-state index is 5.56. The van der Waals surface area contributed by atoms with E-state index in [-0.39, 0.29) is 0 Å². The zero-order valence-corrected chi connectivity index (χ0v) is 9.77. The second-order valence-electron chi connectivity index (χ2n) is 4.04. The Hall–Kier alpha value is -1.61. The average Bonchev–Trinajstić information content (AvgIpc) is 2.61. The molecule has 3 nitrogen and oxygen atoms in total. The van der Waals surface area contributed by atoms with Crippen molar-refractivity contribution in [3.8, 4) is 11.4 Å². The highest BCUT2D eigenvalue weighted by molar-refractivity contribution is 5.57. The van der Waals surface area contributed by atoms with Crippen LogP contribution in [0.3, 0.4) is 0 Å². The predicted octanol–water partition coefficient (Wildman–Crippen LogP) is 1.90. The Kier molecular flexibility index (Phi) is 3.06. The molecule has 2 rings (SSSR count). The molecule has 0 saturated heterocycles. The smallest absolute Gasteiger partial charge is 0.139 e. The topological polar surface area (TPSA) is 43.8 Å². The molecule has 0 bridgehead atoms. The van der Waals surface area contributed by atoms with Crippen molar-refractivity contribution in [2.24, 2.45) is 12.8 Å². The Bertz CT molecular complexity index is 486. The van der Waals surface area contributed by atoms with E-state index in [9.17, 15) is 0 Å². The van der Waals surface area contributed by atoms with E-state index in [4.69, 9.17) is 5.73 Å². The van der Waals surface area contributed by atoms with Gasteiger partial charge >= 0.3 is 0 Å². The lowest BCUT2D eigenvalue weighted by atomic mass is 10.1. The number of imidazole rings is 1. The summed E-state index contributed by atoms with van der Waals surface area (Å²) in [5, 5.41) is 0. The summed E-state index contributed by atoms with van der Waals surface area (Å²) in [6, 6.07) is 8.38. The molecule has 84 valence electrons. The normalized spacial score (nSPS) is 10.7. The molecular formula is C13H17N3. The average molecular weight is 215 g/mol. The maximum Gasteiger partial charge on any atom is 0.139 e. The Morgan fingerprint density at radius 1 is 1.38 bits per heavy atom. The summed E-state index contributed by atoms with van der Waals surface area (Å²) < 4.78 is 2.11. The maximum atomic E-state index is 5.56. The number of nitrogens with two attached hydrogens (primary N) is 1. The second-order valence-corrected chi connectivity index (χ2v) is 4.04. The third kappa shape index (κ3) is 1.99. The fraction of sp³-hybridized carbons (Fsp3) is 0.308. The first-order valence-electron chi connectivity index (χ1n) is 5.50. The van der Waals surface area contributed by atoms with Crippen molar-refractivity contribution in [1.29, 1.82) is 0 Å². The lowest BCUT2D eigenvalue weighted by Crippen LogP contribution is -2.07. The van der Waals surface area contributed by atoms with Crippen molar-refractivity contribution in [2.75, 3.05) is 6.54 Å². The Labute approximate surface area is 95.9 Å². The number of hydrogen-bond acceptors (Lipinski definition) is 2. The molecule has 0 aliphatic rings. The molecular weight excluding hydrogens is 198 g/mol. The first-order chi connectivity index (χ1) is 7.72. The highest BCUT2D eigenvalue weighted by Gasteiger charge is 2.07. The first kappa shape index (κ1) is 10.9. The largest absolute Gasteiger partial charge is 0.331 e. The fourth-order valence-corrected chi connectivity index (χ4v) is 1.88. The number of aryl methyl sites for hydroxylation is 1. The van der Waals surface area contributed by atoms with Gasteiger partial charge in [0.25, 0.3) is 0 Å². The van der Waals surface area contributed by atoms with E-state index in [2.05, 4.69) is 40.7 Å². The SMILES string of the molecule is Cc1cccc(-c2ncc(CCN)n2C)c1. The van der Waals surface area contributed by atoms with Gasteiger partial charge in [-0.05, 0) is 19.5 Å². The Morgan fingerprint density at radius 3 is 2.88 bits per heavy atom. The van der Waals surface area contributed by atoms with Crippen molar-refractivity contribution in [3.05, 3.63) is 41.7 Å². The third-order valence-electron chi connectivity index (χ3n) is 2.76. The van der Waals surface area contributed by atoms with Crippen LogP contribution in [0.1, 0.15) is 11.3 Å². The molecule has 0 atom stereocenters. The van der Waals surface area contributed by atoms with Crippen molar-refractivity contribution in [3.63, 3.8) is 0 Å². The molecule has 0 aliphatic heterocycles. The lowest BCUT2D eigenvalue weighted by Gasteiger charge is -2.05. The molecule has 0 unspecified atom stereocenters. The van der Waals surface area contributed by atoms with Gasteiger partial charge in [-0.3, -0.25) is 0 Å². The molecule has 3 heteroatoms. The summed E-state index contributed by atoms with van der Waals surface area (Å²) in [4.78, 5) is 4.45. The molecule has 0 aliphatic carbocycles. The van der Waals surface area contributed by atoms with Crippen LogP contribution in [0.5, 0.6) is 0 Å². The molecule has 1 aromatic carbocycles. The van der Waals surface area contributed by atoms with Gasteiger partial charge < -0.3 is 10.3 Å². The van der Waals surface area contributed by atoms with Gasteiger partial charge in [-0.1, -0.05) is 23.8 Å². The van der Waals surface area contributed by atoms with Crippen LogP contribution in [-0.4, -0.2) is 16.1 Å². The minimum Gasteiger partial charge on any atom is -0.331 e. The predicted molar refractivity (Wildman–Crippen MR) is 66.1 cm³/mol. The van der Waals surface area contributed by atoms with E-state index in [0.717, 1.165) is 17.8 Å². The van der Waals surface area contributed by atoms with Crippen molar-refractivity contribution < 1.29 is 0 Å². The molecule has 0 radical (unpaired) electrons. The zero-order valence-electron chi connectivity index (χ0n) is 9.77. The summed E-state index contributed by atoms with van der Waals surface area (Å²) in [5.41, 5.74) is 9.15. The van der Waals surface area contributed by atoms with Crippen LogP contribution in [0.25, 0.3) is 11.4 Å². The van der Waals surface area contributed by atoms with Crippen LogP contribution in [-0.2, 0) is 13.5 Å². The van der Waals surface area contributed by atoms with E-state index >= 15 is 0 Å². The summed E-state index contributed by atoms with van der Waals surface area (Å²) in [7, 11) is 2.04. The van der Waals surface area contributed by atoms with Crippen LogP contribution < -0.4 is 5.73 Å². The number of hydrogen-bond donors (Lipinski definition) is 1. The monoisotopic (exact) mass is 215 g/mol. The van der Waals surface area contributed by atoms with Gasteiger partial charge in [0.15, 0.2) is 0 Å². The minimum atomic E-state index is 0.660. The van der Waals surface area contributed by atoms with Crippen molar-refractivity contribution in [2.45, 2.75) is 13.3 Å². The molecule has 16 heavy (non-hydrogen) atoms. The van der Waals surface area contributed by atoms with E-state index in [1.165, 1.54) is 11.3 Å². The summed E-state index contributed by atoms with van der Waals surface area (Å²) in [6.45, 7) is 2.75. The fourth-order valence-electron chi connectivity index (χ4n) is 1.88. The van der Waals surface area contributed by atoms with Gasteiger partial charge in [0.2, 0.25) is 0 Å². The summed E-state index contributed by atoms with van der Waals surface area (Å²) >= 11 is 0. The van der Waals surface area contributed by atoms with Gasteiger partial charge in [0, 0.05) is 30.9 Å². The highest BCUT2D eigenvalue weighted by atomic mass is 15.1. The summed E-state index contributed by atoms with van der Waals surface area (Å²) in [6.07, 6.45) is 2.78. The van der Waals surface area contributed by atoms with E-state index in [0.29, 0.717) is 6.54 Å². The molecule has 0 amide bonds. The molecule has 2 N–H and O–H groups in total. The van der Waals surface area contributed by atoms with Gasteiger partial charge in [-0.25, -0.2) is 4.98 Å². The van der Waals surface area contributed by atoms with E-state index < -0.39 is 0 Å². The number of rotatable bonds is 3. The quantitative estimate of drug-likeness (QED) is 0.849. The molecule has 1 aromatic heterocycles. The number of nitrogens with zero attached hydrogens (tertiary/aromatic N) is 2. The van der Waals surface area contributed by atoms with Crippen LogP contribution in [0.15, 0.2) is 30.5 Å². The van der Waals surface area contributed by atoms with Gasteiger partial charge in [-0.15, -0.1) is 0 Å². The van der Waals surface area contributed by atoms with Gasteiger partial charge in [0.05, 0.1) is 0 Å². The highest BCUT2D eigenvalue weighted by Crippen LogP contribution is 2.19. The van der Waals surface area contributed by atoms with Crippen molar-refractivity contribution in [1.82, 2.24) is 9.55 Å². The Morgan fingerprint density at radius 2 is 2.19 bits per heavy atom. The van der Waals surface area contributed by atoms with Crippen LogP contribution in [0, 0.1) is 6.92 Å². The van der Waals surface area contributed by atoms with Gasteiger partial charge in [-0.2, -0.15) is 0 Å². The van der Waals surface area contributed by atoms with E-state index in [1.54, 1.807) is 0 Å². The van der Waals surface area contributed by atoms with Crippen molar-refractivity contribution >= 4 is 0 Å². The number of aromatic nitrogens is 2. The third-order valence-corrected chi connectivity index (χ3v) is 2.76. The minimum absolute atomic E-state index is 0.660. The zero-order chi connectivity index (χ0) is 11.5. The summed E-state index contributed by atoms with van der Waals surface area (Å²) in [5.74, 6) is 1.01. The molecule has 0 spiro atoms. The molecule has 2 aromatic rings. The van der Waals surface area contributed by atoms with Crippen LogP contribution in [0.4, 0.5) is 0 Å².